The Hall–Kier alpha value is -2.71. The van der Waals surface area contributed by atoms with Gasteiger partial charge in [0.1, 0.15) is 18.0 Å². The first-order valence-electron chi connectivity index (χ1n) is 12.6. The molecule has 1 aromatic carbocycles. The van der Waals surface area contributed by atoms with Gasteiger partial charge < -0.3 is 20.1 Å². The summed E-state index contributed by atoms with van der Waals surface area (Å²) in [5.41, 5.74) is -2.13. The van der Waals surface area contributed by atoms with Gasteiger partial charge >= 0.3 is 6.09 Å². The lowest BCUT2D eigenvalue weighted by molar-refractivity contribution is -0.191. The van der Waals surface area contributed by atoms with E-state index in [0.717, 1.165) is 6.42 Å². The van der Waals surface area contributed by atoms with Crippen LogP contribution < -0.4 is 5.32 Å². The lowest BCUT2D eigenvalue weighted by Crippen LogP contribution is -2.63. The van der Waals surface area contributed by atoms with E-state index in [4.69, 9.17) is 4.74 Å². The molecular formula is C28H37NO7. The average molecular weight is 500 g/mol. The van der Waals surface area contributed by atoms with E-state index in [1.54, 1.807) is 6.08 Å². The molecule has 1 aromatic rings. The number of phenols is 1. The summed E-state index contributed by atoms with van der Waals surface area (Å²) in [4.78, 5) is 39.1. The highest BCUT2D eigenvalue weighted by atomic mass is 16.6. The number of benzene rings is 1. The summed E-state index contributed by atoms with van der Waals surface area (Å²) in [6.07, 6.45) is -0.203. The van der Waals surface area contributed by atoms with Gasteiger partial charge in [-0.15, -0.1) is 6.58 Å². The minimum absolute atomic E-state index is 0.00810. The van der Waals surface area contributed by atoms with Crippen LogP contribution in [0, 0.1) is 34.0 Å². The highest BCUT2D eigenvalue weighted by Crippen LogP contribution is 2.68. The molecule has 8 heteroatoms. The number of aromatic hydroxyl groups is 1. The lowest BCUT2D eigenvalue weighted by Gasteiger charge is -2.61. The van der Waals surface area contributed by atoms with Crippen molar-refractivity contribution in [3.05, 3.63) is 42.5 Å². The van der Waals surface area contributed by atoms with Crippen LogP contribution in [-0.2, 0) is 9.53 Å². The second-order valence-corrected chi connectivity index (χ2v) is 11.6. The molecule has 36 heavy (non-hydrogen) atoms. The Balaban J connectivity index is 1.73. The number of rotatable bonds is 3. The Bertz CT molecular complexity index is 1070. The van der Waals surface area contributed by atoms with Gasteiger partial charge in [0.25, 0.3) is 5.91 Å². The number of amides is 2. The Kier molecular flexibility index (Phi) is 6.58. The number of nitrogens with one attached hydrogen (secondary N) is 1. The van der Waals surface area contributed by atoms with Crippen LogP contribution in [0.15, 0.2) is 36.9 Å². The van der Waals surface area contributed by atoms with Crippen molar-refractivity contribution in [1.29, 1.82) is 0 Å². The van der Waals surface area contributed by atoms with Gasteiger partial charge in [-0.2, -0.15) is 0 Å². The van der Waals surface area contributed by atoms with Crippen molar-refractivity contribution >= 4 is 17.8 Å². The minimum Gasteiger partial charge on any atom is -0.508 e. The SMILES string of the molecule is C=C[C@]1(C)C[C@@H](OC(=O)NC(=O)c2ccc(O)cc2)[C@@]2(C)C3C(=O)[C@@H](O)C[C@@]3(CC[C@H]2C)[C@@H](C)[C@@H]1O. The second-order valence-electron chi connectivity index (χ2n) is 11.6. The molecule has 0 saturated heterocycles. The maximum Gasteiger partial charge on any atom is 0.414 e. The van der Waals surface area contributed by atoms with Crippen LogP contribution in [0.5, 0.6) is 5.75 Å². The van der Waals surface area contributed by atoms with Gasteiger partial charge in [0.2, 0.25) is 0 Å². The smallest absolute Gasteiger partial charge is 0.414 e. The van der Waals surface area contributed by atoms with Crippen molar-refractivity contribution in [2.45, 2.75) is 71.7 Å². The van der Waals surface area contributed by atoms with Crippen molar-refractivity contribution in [2.75, 3.05) is 0 Å². The molecule has 4 N–H and O–H groups in total. The van der Waals surface area contributed by atoms with Gasteiger partial charge in [-0.1, -0.05) is 33.8 Å². The maximum atomic E-state index is 13.5. The molecule has 4 rings (SSSR count). The number of carbonyl (C=O) groups is 3. The summed E-state index contributed by atoms with van der Waals surface area (Å²) < 4.78 is 5.96. The van der Waals surface area contributed by atoms with Crippen molar-refractivity contribution in [3.63, 3.8) is 0 Å². The summed E-state index contributed by atoms with van der Waals surface area (Å²) in [6, 6.07) is 5.46. The normalized spacial score (nSPS) is 42.0. The average Bonchev–Trinajstić information content (AvgIpc) is 3.11. The first kappa shape index (κ1) is 26.4. The van der Waals surface area contributed by atoms with Crippen molar-refractivity contribution < 1.29 is 34.4 Å². The van der Waals surface area contributed by atoms with E-state index in [1.807, 2.05) is 27.7 Å². The summed E-state index contributed by atoms with van der Waals surface area (Å²) in [5, 5.41) is 34.0. The standard InChI is InChI=1S/C28H37NO7/c1-6-26(4)14-20(36-25(35)29-24(34)17-7-9-18(30)10-8-17)27(5)15(2)11-12-28(16(3)23(26)33)13-19(31)21(32)22(27)28/h6-10,15-16,19-20,22-23,30-31,33H,1,11-14H2,2-5H3,(H,29,34,35)/t15-,16+,19+,20-,22?,23+,26-,27+,28+/m1/s1. The number of hydrogen-bond donors (Lipinski definition) is 4. The van der Waals surface area contributed by atoms with Crippen molar-refractivity contribution in [1.82, 2.24) is 5.32 Å². The zero-order chi connectivity index (χ0) is 26.6. The highest BCUT2D eigenvalue weighted by Gasteiger charge is 2.70. The zero-order valence-corrected chi connectivity index (χ0v) is 21.4. The number of phenolic OH excluding ortho intramolecular Hbond substituents is 1. The van der Waals surface area contributed by atoms with Crippen LogP contribution in [0.1, 0.15) is 63.7 Å². The van der Waals surface area contributed by atoms with Gasteiger partial charge in [0.15, 0.2) is 5.78 Å². The molecule has 3 aliphatic carbocycles. The number of ketones is 1. The quantitative estimate of drug-likeness (QED) is 0.467. The van der Waals surface area contributed by atoms with Gasteiger partial charge in [-0.25, -0.2) is 4.79 Å². The van der Waals surface area contributed by atoms with Gasteiger partial charge in [0.05, 0.1) is 6.10 Å². The van der Waals surface area contributed by atoms with Crippen LogP contribution in [0.2, 0.25) is 0 Å². The number of ether oxygens (including phenoxy) is 1. The largest absolute Gasteiger partial charge is 0.508 e. The predicted octanol–water partition coefficient (Wildman–Crippen LogP) is 3.59. The topological polar surface area (TPSA) is 133 Å². The van der Waals surface area contributed by atoms with Crippen LogP contribution in [0.3, 0.4) is 0 Å². The van der Waals surface area contributed by atoms with Crippen LogP contribution in [0.4, 0.5) is 4.79 Å². The fraction of sp³-hybridized carbons (Fsp3) is 0.607. The number of imide groups is 1. The molecule has 3 fully saturated rings. The molecule has 0 aromatic heterocycles. The molecule has 0 radical (unpaired) electrons. The summed E-state index contributed by atoms with van der Waals surface area (Å²) >= 11 is 0. The lowest BCUT2D eigenvalue weighted by atomic mass is 9.44. The molecule has 0 aliphatic heterocycles. The van der Waals surface area contributed by atoms with Crippen molar-refractivity contribution in [2.24, 2.45) is 34.0 Å². The molecule has 2 amide bonds. The molecule has 3 saturated carbocycles. The van der Waals surface area contributed by atoms with Crippen LogP contribution in [-0.4, -0.2) is 51.4 Å². The number of hydrogen-bond acceptors (Lipinski definition) is 7. The minimum atomic E-state index is -1.13. The number of carbonyl (C=O) groups excluding carboxylic acids is 3. The molecule has 0 heterocycles. The Morgan fingerprint density at radius 1 is 1.14 bits per heavy atom. The molecule has 8 nitrogen and oxygen atoms in total. The van der Waals surface area contributed by atoms with E-state index >= 15 is 0 Å². The molecule has 1 unspecified atom stereocenters. The van der Waals surface area contributed by atoms with Gasteiger partial charge in [0, 0.05) is 22.3 Å². The first-order chi connectivity index (χ1) is 16.8. The summed E-state index contributed by atoms with van der Waals surface area (Å²) in [7, 11) is 0. The number of aliphatic hydroxyl groups is 2. The monoisotopic (exact) mass is 499 g/mol. The van der Waals surface area contributed by atoms with E-state index < -0.39 is 52.5 Å². The molecule has 196 valence electrons. The Labute approximate surface area is 211 Å². The first-order valence-corrected chi connectivity index (χ1v) is 12.6. The van der Waals surface area contributed by atoms with Gasteiger partial charge in [-0.05, 0) is 67.2 Å². The highest BCUT2D eigenvalue weighted by molar-refractivity contribution is 6.03. The van der Waals surface area contributed by atoms with E-state index in [1.165, 1.54) is 24.3 Å². The van der Waals surface area contributed by atoms with Gasteiger partial charge in [-0.3, -0.25) is 14.9 Å². The van der Waals surface area contributed by atoms with E-state index in [-0.39, 0.29) is 41.8 Å². The van der Waals surface area contributed by atoms with E-state index in [9.17, 15) is 29.7 Å². The molecular weight excluding hydrogens is 462 g/mol. The van der Waals surface area contributed by atoms with E-state index in [0.29, 0.717) is 6.42 Å². The Morgan fingerprint density at radius 2 is 1.78 bits per heavy atom. The third-order valence-corrected chi connectivity index (χ3v) is 9.92. The van der Waals surface area contributed by atoms with Crippen LogP contribution in [0.25, 0.3) is 0 Å². The predicted molar refractivity (Wildman–Crippen MR) is 132 cm³/mol. The molecule has 0 spiro atoms. The zero-order valence-electron chi connectivity index (χ0n) is 21.4. The maximum absolute atomic E-state index is 13.5. The molecule has 3 aliphatic rings. The van der Waals surface area contributed by atoms with E-state index in [2.05, 4.69) is 11.9 Å². The fourth-order valence-electron chi connectivity index (χ4n) is 7.42. The second kappa shape index (κ2) is 8.99. The fourth-order valence-corrected chi connectivity index (χ4v) is 7.42. The summed E-state index contributed by atoms with van der Waals surface area (Å²) in [6.45, 7) is 11.8. The number of aliphatic hydroxyl groups excluding tert-OH is 2. The van der Waals surface area contributed by atoms with Crippen LogP contribution >= 0.6 is 0 Å². The third kappa shape index (κ3) is 3.86. The Morgan fingerprint density at radius 3 is 2.39 bits per heavy atom. The molecule has 2 bridgehead atoms. The number of alkyl carbamates (subject to hydrolysis) is 1. The summed E-state index contributed by atoms with van der Waals surface area (Å²) in [5.74, 6) is -1.87. The molecule has 9 atom stereocenters. The van der Waals surface area contributed by atoms with Crippen molar-refractivity contribution in [3.8, 4) is 5.75 Å². The number of Topliss-reactive ketones (excluding diaryl/α,β-unsaturated/α-hetero) is 1. The third-order valence-electron chi connectivity index (χ3n) is 9.92.